The number of hydrogen-bond acceptors (Lipinski definition) is 4. The summed E-state index contributed by atoms with van der Waals surface area (Å²) in [5.74, 6) is 1.74. The molecule has 0 radical (unpaired) electrons. The van der Waals surface area contributed by atoms with Crippen LogP contribution in [0.3, 0.4) is 0 Å². The summed E-state index contributed by atoms with van der Waals surface area (Å²) in [6, 6.07) is 6.65. The average Bonchev–Trinajstić information content (AvgIpc) is 2.96. The van der Waals surface area contributed by atoms with E-state index in [-0.39, 0.29) is 5.82 Å². The smallest absolute Gasteiger partial charge is 0.132 e. The third-order valence-electron chi connectivity index (χ3n) is 4.05. The van der Waals surface area contributed by atoms with Crippen molar-refractivity contribution in [1.82, 2.24) is 15.5 Å². The molecule has 0 atom stereocenters. The van der Waals surface area contributed by atoms with Crippen molar-refractivity contribution < 1.29 is 9.50 Å². The number of aromatic amines is 1. The number of nitrogens with zero attached hydrogens (tertiary/aromatic N) is 1. The summed E-state index contributed by atoms with van der Waals surface area (Å²) in [7, 11) is 0. The first-order chi connectivity index (χ1) is 10.7. The molecule has 3 N–H and O–H groups in total. The van der Waals surface area contributed by atoms with E-state index in [0.717, 1.165) is 29.9 Å². The molecule has 2 aromatic rings. The van der Waals surface area contributed by atoms with Gasteiger partial charge in [0.15, 0.2) is 0 Å². The predicted molar refractivity (Wildman–Crippen MR) is 87.2 cm³/mol. The van der Waals surface area contributed by atoms with Gasteiger partial charge in [0, 0.05) is 24.2 Å². The third kappa shape index (κ3) is 3.51. The lowest BCUT2D eigenvalue weighted by Crippen LogP contribution is -2.43. The Balaban J connectivity index is 1.65. The Hall–Kier alpha value is -1.37. The zero-order chi connectivity index (χ0) is 15.4. The highest BCUT2D eigenvalue weighted by Crippen LogP contribution is 2.27. The van der Waals surface area contributed by atoms with Crippen molar-refractivity contribution in [3.8, 4) is 11.3 Å². The second-order valence-corrected chi connectivity index (χ2v) is 6.92. The number of halogens is 1. The molecule has 2 heterocycles. The largest absolute Gasteiger partial charge is 0.389 e. The van der Waals surface area contributed by atoms with Crippen molar-refractivity contribution >= 4 is 11.8 Å². The fourth-order valence-electron chi connectivity index (χ4n) is 2.70. The van der Waals surface area contributed by atoms with Crippen LogP contribution >= 0.6 is 11.8 Å². The molecule has 0 aliphatic carbocycles. The lowest BCUT2D eigenvalue weighted by atomic mass is 9.97. The molecule has 0 amide bonds. The first-order valence-corrected chi connectivity index (χ1v) is 8.61. The number of rotatable bonds is 5. The Bertz CT molecular complexity index is 625. The van der Waals surface area contributed by atoms with Gasteiger partial charge in [0.1, 0.15) is 5.82 Å². The minimum atomic E-state index is -0.618. The van der Waals surface area contributed by atoms with Crippen LogP contribution in [-0.2, 0) is 6.54 Å². The number of thioether (sulfide) groups is 1. The van der Waals surface area contributed by atoms with Crippen LogP contribution < -0.4 is 5.32 Å². The standard InChI is InChI=1S/C16H20FN3OS/c17-14-4-2-1-3-13(14)15-12(10-19-20-15)9-18-11-16(21)5-7-22-8-6-16/h1-4,10,18,21H,5-9,11H2,(H,19,20). The Morgan fingerprint density at radius 2 is 2.09 bits per heavy atom. The van der Waals surface area contributed by atoms with Crippen molar-refractivity contribution in [2.45, 2.75) is 25.0 Å². The van der Waals surface area contributed by atoms with Crippen molar-refractivity contribution in [2.75, 3.05) is 18.1 Å². The molecule has 6 heteroatoms. The van der Waals surface area contributed by atoms with Gasteiger partial charge in [-0.25, -0.2) is 4.39 Å². The van der Waals surface area contributed by atoms with Gasteiger partial charge < -0.3 is 10.4 Å². The molecule has 1 aromatic carbocycles. The van der Waals surface area contributed by atoms with Crippen LogP contribution in [-0.4, -0.2) is 39.0 Å². The highest BCUT2D eigenvalue weighted by atomic mass is 32.2. The van der Waals surface area contributed by atoms with E-state index in [2.05, 4.69) is 15.5 Å². The quantitative estimate of drug-likeness (QED) is 0.792. The zero-order valence-corrected chi connectivity index (χ0v) is 13.1. The summed E-state index contributed by atoms with van der Waals surface area (Å²) in [6.45, 7) is 1.10. The van der Waals surface area contributed by atoms with Crippen molar-refractivity contribution in [3.63, 3.8) is 0 Å². The second-order valence-electron chi connectivity index (χ2n) is 5.69. The van der Waals surface area contributed by atoms with Gasteiger partial charge >= 0.3 is 0 Å². The molecule has 118 valence electrons. The van der Waals surface area contributed by atoms with Gasteiger partial charge in [-0.2, -0.15) is 16.9 Å². The number of hydrogen-bond donors (Lipinski definition) is 3. The molecule has 4 nitrogen and oxygen atoms in total. The SMILES string of the molecule is OC1(CNCc2cn[nH]c2-c2ccccc2F)CCSCC1. The number of aliphatic hydroxyl groups is 1. The molecule has 0 bridgehead atoms. The lowest BCUT2D eigenvalue weighted by Gasteiger charge is -2.32. The van der Waals surface area contributed by atoms with Gasteiger partial charge in [0.05, 0.1) is 17.5 Å². The molecule has 0 saturated carbocycles. The summed E-state index contributed by atoms with van der Waals surface area (Å²) in [4.78, 5) is 0. The molecule has 1 aliphatic rings. The predicted octanol–water partition coefficient (Wildman–Crippen LogP) is 2.56. The van der Waals surface area contributed by atoms with Crippen molar-refractivity contribution in [1.29, 1.82) is 0 Å². The fraction of sp³-hybridized carbons (Fsp3) is 0.438. The first kappa shape index (κ1) is 15.5. The highest BCUT2D eigenvalue weighted by Gasteiger charge is 2.28. The number of H-pyrrole nitrogens is 1. The summed E-state index contributed by atoms with van der Waals surface area (Å²) >= 11 is 1.89. The number of benzene rings is 1. The highest BCUT2D eigenvalue weighted by molar-refractivity contribution is 7.99. The average molecular weight is 321 g/mol. The number of aromatic nitrogens is 2. The van der Waals surface area contributed by atoms with E-state index in [9.17, 15) is 9.50 Å². The summed E-state index contributed by atoms with van der Waals surface area (Å²) in [5, 5.41) is 20.6. The Labute approximate surface area is 133 Å². The Kier molecular flexibility index (Phi) is 4.81. The van der Waals surface area contributed by atoms with Gasteiger partial charge in [-0.1, -0.05) is 12.1 Å². The molecular weight excluding hydrogens is 301 g/mol. The first-order valence-electron chi connectivity index (χ1n) is 7.46. The van der Waals surface area contributed by atoms with Crippen LogP contribution in [0.15, 0.2) is 30.5 Å². The maximum absolute atomic E-state index is 13.9. The van der Waals surface area contributed by atoms with E-state index in [4.69, 9.17) is 0 Å². The van der Waals surface area contributed by atoms with Crippen LogP contribution in [0.1, 0.15) is 18.4 Å². The molecule has 1 aliphatic heterocycles. The van der Waals surface area contributed by atoms with E-state index in [0.29, 0.717) is 24.3 Å². The van der Waals surface area contributed by atoms with E-state index >= 15 is 0 Å². The molecule has 3 rings (SSSR count). The summed E-state index contributed by atoms with van der Waals surface area (Å²) in [5.41, 5.74) is 1.49. The lowest BCUT2D eigenvalue weighted by molar-refractivity contribution is 0.0320. The third-order valence-corrected chi connectivity index (χ3v) is 5.04. The molecular formula is C16H20FN3OS. The summed E-state index contributed by atoms with van der Waals surface area (Å²) in [6.07, 6.45) is 3.34. The van der Waals surface area contributed by atoms with Crippen LogP contribution in [0.2, 0.25) is 0 Å². The monoisotopic (exact) mass is 321 g/mol. The second kappa shape index (κ2) is 6.81. The Morgan fingerprint density at radius 3 is 2.86 bits per heavy atom. The van der Waals surface area contributed by atoms with Gasteiger partial charge in [-0.15, -0.1) is 0 Å². The van der Waals surface area contributed by atoms with Gasteiger partial charge in [0.25, 0.3) is 0 Å². The van der Waals surface area contributed by atoms with E-state index in [1.54, 1.807) is 24.4 Å². The molecule has 0 unspecified atom stereocenters. The van der Waals surface area contributed by atoms with Crippen LogP contribution in [0.5, 0.6) is 0 Å². The minimum Gasteiger partial charge on any atom is -0.389 e. The fourth-order valence-corrected chi connectivity index (χ4v) is 3.95. The normalized spacial score (nSPS) is 17.5. The van der Waals surface area contributed by atoms with E-state index in [1.807, 2.05) is 11.8 Å². The minimum absolute atomic E-state index is 0.268. The van der Waals surface area contributed by atoms with Crippen LogP contribution in [0.4, 0.5) is 4.39 Å². The topological polar surface area (TPSA) is 60.9 Å². The molecule has 1 fully saturated rings. The van der Waals surface area contributed by atoms with Crippen LogP contribution in [0, 0.1) is 5.82 Å². The van der Waals surface area contributed by atoms with Gasteiger partial charge in [-0.3, -0.25) is 5.10 Å². The zero-order valence-electron chi connectivity index (χ0n) is 12.3. The molecule has 1 aromatic heterocycles. The molecule has 22 heavy (non-hydrogen) atoms. The summed E-state index contributed by atoms with van der Waals surface area (Å²) < 4.78 is 13.9. The van der Waals surface area contributed by atoms with Gasteiger partial charge in [0.2, 0.25) is 0 Å². The Morgan fingerprint density at radius 1 is 1.32 bits per heavy atom. The van der Waals surface area contributed by atoms with E-state index in [1.165, 1.54) is 6.07 Å². The van der Waals surface area contributed by atoms with E-state index < -0.39 is 5.60 Å². The van der Waals surface area contributed by atoms with Crippen LogP contribution in [0.25, 0.3) is 11.3 Å². The maximum Gasteiger partial charge on any atom is 0.132 e. The number of nitrogens with one attached hydrogen (secondary N) is 2. The molecule has 0 spiro atoms. The van der Waals surface area contributed by atoms with Crippen molar-refractivity contribution in [2.24, 2.45) is 0 Å². The molecule has 1 saturated heterocycles. The maximum atomic E-state index is 13.9. The van der Waals surface area contributed by atoms with Gasteiger partial charge in [-0.05, 0) is 36.5 Å². The van der Waals surface area contributed by atoms with Crippen molar-refractivity contribution in [3.05, 3.63) is 41.8 Å².